The third-order valence-corrected chi connectivity index (χ3v) is 8.14. The number of carbonyl (C=O) groups excluding carboxylic acids is 1. The molecule has 1 aliphatic rings. The first-order valence-corrected chi connectivity index (χ1v) is 13.9. The molecule has 1 unspecified atom stereocenters. The van der Waals surface area contributed by atoms with Crippen LogP contribution in [0.1, 0.15) is 18.0 Å². The summed E-state index contributed by atoms with van der Waals surface area (Å²) in [7, 11) is -1.54. The van der Waals surface area contributed by atoms with E-state index in [1.54, 1.807) is 36.2 Å². The van der Waals surface area contributed by atoms with Gasteiger partial charge in [0.05, 0.1) is 26.3 Å². The molecule has 6 nitrogen and oxygen atoms in total. The molecule has 36 heavy (non-hydrogen) atoms. The minimum Gasteiger partial charge on any atom is -0.345 e. The van der Waals surface area contributed by atoms with Crippen LogP contribution >= 0.6 is 23.2 Å². The fraction of sp³-hybridized carbons (Fsp3) is 0.185. The van der Waals surface area contributed by atoms with Crippen molar-refractivity contribution in [2.75, 3.05) is 19.8 Å². The van der Waals surface area contributed by atoms with Crippen molar-refractivity contribution in [2.24, 2.45) is 0 Å². The van der Waals surface area contributed by atoms with Crippen molar-refractivity contribution in [2.45, 2.75) is 17.2 Å². The summed E-state index contributed by atoms with van der Waals surface area (Å²) in [6, 6.07) is 19.8. The van der Waals surface area contributed by atoms with Gasteiger partial charge in [-0.15, -0.1) is 0 Å². The second kappa shape index (κ2) is 9.39. The van der Waals surface area contributed by atoms with Crippen LogP contribution in [0.25, 0.3) is 28.2 Å². The Bertz CT molecular complexity index is 1600. The Balaban J connectivity index is 1.61. The molecule has 4 aromatic rings. The first-order valence-electron chi connectivity index (χ1n) is 11.3. The van der Waals surface area contributed by atoms with Gasteiger partial charge in [0, 0.05) is 43.9 Å². The minimum absolute atomic E-state index is 0.0261. The lowest BCUT2D eigenvalue weighted by molar-refractivity contribution is -0.126. The predicted octanol–water partition coefficient (Wildman–Crippen LogP) is 5.86. The third-order valence-electron chi connectivity index (χ3n) is 6.40. The molecule has 0 aliphatic carbocycles. The van der Waals surface area contributed by atoms with Crippen molar-refractivity contribution < 1.29 is 13.2 Å². The molecule has 0 N–H and O–H groups in total. The lowest BCUT2D eigenvalue weighted by Crippen LogP contribution is -2.18. The Labute approximate surface area is 220 Å². The number of hydrogen-bond acceptors (Lipinski definition) is 4. The first kappa shape index (κ1) is 24.6. The highest BCUT2D eigenvalue weighted by molar-refractivity contribution is 7.90. The zero-order chi connectivity index (χ0) is 25.6. The molecule has 3 aromatic carbocycles. The van der Waals surface area contributed by atoms with Crippen LogP contribution in [0.4, 0.5) is 0 Å². The predicted molar refractivity (Wildman–Crippen MR) is 143 cm³/mol. The number of carbonyl (C=O) groups is 1. The molecular formula is C27H23Cl2N3O3S. The SMILES string of the molecule is CN1CC(c2cn(-c3ccc(-c4cccc(S(C)(=O)=O)c4)cc3Cl)c(-c3ccccc3Cl)n2)CC1=O. The van der Waals surface area contributed by atoms with Gasteiger partial charge in [0.15, 0.2) is 9.84 Å². The zero-order valence-corrected chi connectivity index (χ0v) is 22.0. The van der Waals surface area contributed by atoms with E-state index in [2.05, 4.69) is 0 Å². The van der Waals surface area contributed by atoms with Gasteiger partial charge in [-0.3, -0.25) is 9.36 Å². The van der Waals surface area contributed by atoms with Crippen LogP contribution in [-0.4, -0.2) is 48.6 Å². The van der Waals surface area contributed by atoms with E-state index in [-0.39, 0.29) is 16.7 Å². The molecule has 1 amide bonds. The molecule has 1 fully saturated rings. The van der Waals surface area contributed by atoms with Gasteiger partial charge in [0.2, 0.25) is 5.91 Å². The van der Waals surface area contributed by atoms with E-state index in [0.717, 1.165) is 22.4 Å². The highest BCUT2D eigenvalue weighted by Gasteiger charge is 2.31. The highest BCUT2D eigenvalue weighted by atomic mass is 35.5. The molecule has 5 rings (SSSR count). The summed E-state index contributed by atoms with van der Waals surface area (Å²) in [5.74, 6) is 0.695. The number of hydrogen-bond donors (Lipinski definition) is 0. The maximum absolute atomic E-state index is 12.2. The number of halogens is 2. The number of benzene rings is 3. The molecule has 9 heteroatoms. The van der Waals surface area contributed by atoms with Gasteiger partial charge in [-0.1, -0.05) is 53.5 Å². The minimum atomic E-state index is -3.33. The molecule has 1 aromatic heterocycles. The largest absolute Gasteiger partial charge is 0.345 e. The quantitative estimate of drug-likeness (QED) is 0.318. The third kappa shape index (κ3) is 4.66. The number of nitrogens with zero attached hydrogens (tertiary/aromatic N) is 3. The summed E-state index contributed by atoms with van der Waals surface area (Å²) >= 11 is 13.3. The van der Waals surface area contributed by atoms with Crippen LogP contribution in [0.15, 0.2) is 77.8 Å². The standard InChI is InChI=1S/C27H23Cl2N3O3S/c1-31-15-19(14-26(31)33)24-16-32(27(30-24)21-8-3-4-9-22(21)28)25-11-10-18(13-23(25)29)17-6-5-7-20(12-17)36(2,34)35/h3-13,16,19H,14-15H2,1-2H3. The lowest BCUT2D eigenvalue weighted by Gasteiger charge is -2.13. The van der Waals surface area contributed by atoms with E-state index >= 15 is 0 Å². The van der Waals surface area contributed by atoms with Crippen LogP contribution < -0.4 is 0 Å². The molecule has 0 bridgehead atoms. The van der Waals surface area contributed by atoms with Gasteiger partial charge in [0.1, 0.15) is 5.82 Å². The molecule has 2 heterocycles. The molecule has 1 saturated heterocycles. The fourth-order valence-corrected chi connectivity index (χ4v) is 5.62. The van der Waals surface area contributed by atoms with Gasteiger partial charge in [-0.2, -0.15) is 0 Å². The van der Waals surface area contributed by atoms with E-state index in [1.165, 1.54) is 6.26 Å². The first-order chi connectivity index (χ1) is 17.1. The average molecular weight is 540 g/mol. The Hall–Kier alpha value is -3.13. The fourth-order valence-electron chi connectivity index (χ4n) is 4.46. The normalized spacial score (nSPS) is 16.1. The van der Waals surface area contributed by atoms with Crippen molar-refractivity contribution in [3.8, 4) is 28.2 Å². The number of sulfone groups is 1. The molecule has 1 atom stereocenters. The van der Waals surface area contributed by atoms with Crippen molar-refractivity contribution in [3.05, 3.63) is 88.7 Å². The summed E-state index contributed by atoms with van der Waals surface area (Å²) in [6.07, 6.45) is 3.50. The van der Waals surface area contributed by atoms with Crippen molar-refractivity contribution >= 4 is 38.9 Å². The van der Waals surface area contributed by atoms with E-state index < -0.39 is 9.84 Å². The topological polar surface area (TPSA) is 72.3 Å². The van der Waals surface area contributed by atoms with E-state index in [0.29, 0.717) is 34.5 Å². The van der Waals surface area contributed by atoms with E-state index in [1.807, 2.05) is 53.2 Å². The second-order valence-corrected chi connectivity index (χ2v) is 11.8. The summed E-state index contributed by atoms with van der Waals surface area (Å²) in [4.78, 5) is 19.0. The molecule has 184 valence electrons. The summed E-state index contributed by atoms with van der Waals surface area (Å²) in [6.45, 7) is 0.598. The van der Waals surface area contributed by atoms with Gasteiger partial charge < -0.3 is 4.90 Å². The summed E-state index contributed by atoms with van der Waals surface area (Å²) in [5.41, 5.74) is 3.78. The van der Waals surface area contributed by atoms with Gasteiger partial charge >= 0.3 is 0 Å². The molecule has 0 radical (unpaired) electrons. The smallest absolute Gasteiger partial charge is 0.223 e. The summed E-state index contributed by atoms with van der Waals surface area (Å²) < 4.78 is 25.9. The number of likely N-dealkylation sites (tertiary alicyclic amines) is 1. The van der Waals surface area contributed by atoms with Crippen LogP contribution in [0.2, 0.25) is 10.0 Å². The van der Waals surface area contributed by atoms with E-state index in [9.17, 15) is 13.2 Å². The Morgan fingerprint density at radius 2 is 1.69 bits per heavy atom. The highest BCUT2D eigenvalue weighted by Crippen LogP contribution is 2.36. The Morgan fingerprint density at radius 3 is 2.36 bits per heavy atom. The van der Waals surface area contributed by atoms with Gasteiger partial charge in [0.25, 0.3) is 0 Å². The van der Waals surface area contributed by atoms with Crippen molar-refractivity contribution in [3.63, 3.8) is 0 Å². The number of rotatable bonds is 5. The van der Waals surface area contributed by atoms with Gasteiger partial charge in [-0.25, -0.2) is 13.4 Å². The number of likely N-dealkylation sites (N-methyl/N-ethyl adjacent to an activating group) is 1. The zero-order valence-electron chi connectivity index (χ0n) is 19.7. The molecule has 1 aliphatic heterocycles. The number of amides is 1. The Morgan fingerprint density at radius 1 is 0.944 bits per heavy atom. The molecule has 0 spiro atoms. The van der Waals surface area contributed by atoms with E-state index in [4.69, 9.17) is 28.2 Å². The molecule has 0 saturated carbocycles. The lowest BCUT2D eigenvalue weighted by atomic mass is 10.1. The number of imidazole rings is 1. The van der Waals surface area contributed by atoms with Crippen LogP contribution in [0.3, 0.4) is 0 Å². The average Bonchev–Trinajstić information content (AvgIpc) is 3.42. The van der Waals surface area contributed by atoms with Crippen molar-refractivity contribution in [1.82, 2.24) is 14.5 Å². The second-order valence-electron chi connectivity index (χ2n) is 8.98. The van der Waals surface area contributed by atoms with Crippen LogP contribution in [0.5, 0.6) is 0 Å². The van der Waals surface area contributed by atoms with Crippen LogP contribution in [0, 0.1) is 0 Å². The van der Waals surface area contributed by atoms with Gasteiger partial charge in [-0.05, 0) is 47.5 Å². The summed E-state index contributed by atoms with van der Waals surface area (Å²) in [5, 5.41) is 1.02. The molecular weight excluding hydrogens is 517 g/mol. The monoisotopic (exact) mass is 539 g/mol. The number of aromatic nitrogens is 2. The van der Waals surface area contributed by atoms with Crippen LogP contribution in [-0.2, 0) is 14.6 Å². The Kier molecular flexibility index (Phi) is 6.41. The maximum atomic E-state index is 12.2. The van der Waals surface area contributed by atoms with Crippen molar-refractivity contribution in [1.29, 1.82) is 0 Å². The maximum Gasteiger partial charge on any atom is 0.223 e.